The summed E-state index contributed by atoms with van der Waals surface area (Å²) in [6, 6.07) is 9.20. The van der Waals surface area contributed by atoms with E-state index >= 15 is 0 Å². The first-order valence-corrected chi connectivity index (χ1v) is 7.22. The van der Waals surface area contributed by atoms with E-state index in [1.807, 2.05) is 0 Å². The van der Waals surface area contributed by atoms with Gasteiger partial charge in [0.05, 0.1) is 18.8 Å². The van der Waals surface area contributed by atoms with Crippen molar-refractivity contribution in [3.8, 4) is 0 Å². The fraction of sp³-hybridized carbons (Fsp3) is 0.625. The number of methoxy groups -OCH3 is 1. The zero-order valence-corrected chi connectivity index (χ0v) is 11.8. The van der Waals surface area contributed by atoms with Crippen molar-refractivity contribution in [1.29, 1.82) is 0 Å². The van der Waals surface area contributed by atoms with Gasteiger partial charge in [0.15, 0.2) is 0 Å². The molecule has 0 spiro atoms. The summed E-state index contributed by atoms with van der Waals surface area (Å²) in [6.07, 6.45) is 2.86. The highest BCUT2D eigenvalue weighted by atomic mass is 16.5. The van der Waals surface area contributed by atoms with Crippen molar-refractivity contribution in [2.45, 2.75) is 44.6 Å². The van der Waals surface area contributed by atoms with Crippen LogP contribution in [0.3, 0.4) is 0 Å². The summed E-state index contributed by atoms with van der Waals surface area (Å²) in [5.74, 6) is 0. The van der Waals surface area contributed by atoms with Gasteiger partial charge in [0.25, 0.3) is 0 Å². The fourth-order valence-corrected chi connectivity index (χ4v) is 3.45. The molecule has 0 unspecified atom stereocenters. The van der Waals surface area contributed by atoms with Crippen molar-refractivity contribution in [1.82, 2.24) is 4.90 Å². The Bertz CT molecular complexity index is 435. The van der Waals surface area contributed by atoms with Crippen LogP contribution in [0.2, 0.25) is 0 Å². The first-order valence-electron chi connectivity index (χ1n) is 7.22. The first kappa shape index (κ1) is 13.1. The predicted octanol–water partition coefficient (Wildman–Crippen LogP) is 2.37. The van der Waals surface area contributed by atoms with E-state index in [1.165, 1.54) is 17.5 Å². The number of fused-ring (bicyclic) bond motifs is 1. The van der Waals surface area contributed by atoms with Crippen molar-refractivity contribution in [2.75, 3.05) is 20.3 Å². The van der Waals surface area contributed by atoms with Crippen LogP contribution in [-0.4, -0.2) is 43.4 Å². The number of hydrogen-bond acceptors (Lipinski definition) is 3. The molecule has 1 saturated heterocycles. The van der Waals surface area contributed by atoms with Crippen LogP contribution in [0.5, 0.6) is 0 Å². The van der Waals surface area contributed by atoms with Gasteiger partial charge in [-0.15, -0.1) is 0 Å². The monoisotopic (exact) mass is 261 g/mol. The quantitative estimate of drug-likeness (QED) is 0.834. The molecule has 0 radical (unpaired) electrons. The van der Waals surface area contributed by atoms with Gasteiger partial charge in [-0.3, -0.25) is 4.90 Å². The molecule has 19 heavy (non-hydrogen) atoms. The van der Waals surface area contributed by atoms with E-state index < -0.39 is 0 Å². The van der Waals surface area contributed by atoms with Gasteiger partial charge in [-0.05, 0) is 30.9 Å². The lowest BCUT2D eigenvalue weighted by molar-refractivity contribution is -0.106. The number of ether oxygens (including phenoxy) is 2. The molecular formula is C16H23NO2. The second-order valence-electron chi connectivity index (χ2n) is 5.65. The lowest BCUT2D eigenvalue weighted by atomic mass is 10.1. The van der Waals surface area contributed by atoms with Gasteiger partial charge in [-0.25, -0.2) is 0 Å². The Morgan fingerprint density at radius 1 is 1.32 bits per heavy atom. The minimum Gasteiger partial charge on any atom is -0.379 e. The van der Waals surface area contributed by atoms with Crippen molar-refractivity contribution < 1.29 is 9.47 Å². The summed E-state index contributed by atoms with van der Waals surface area (Å²) < 4.78 is 11.5. The normalized spacial score (nSPS) is 31.4. The number of morpholine rings is 1. The molecule has 1 aromatic rings. The third kappa shape index (κ3) is 2.55. The molecular weight excluding hydrogens is 238 g/mol. The van der Waals surface area contributed by atoms with E-state index in [0.29, 0.717) is 6.04 Å². The molecule has 0 bridgehead atoms. The summed E-state index contributed by atoms with van der Waals surface area (Å²) in [7, 11) is 1.80. The second kappa shape index (κ2) is 5.61. The first-order chi connectivity index (χ1) is 9.29. The van der Waals surface area contributed by atoms with Crippen LogP contribution in [0.25, 0.3) is 0 Å². The summed E-state index contributed by atoms with van der Waals surface area (Å²) in [5, 5.41) is 0. The Labute approximate surface area is 115 Å². The summed E-state index contributed by atoms with van der Waals surface area (Å²) in [4.78, 5) is 2.58. The van der Waals surface area contributed by atoms with E-state index in [2.05, 4.69) is 36.1 Å². The average Bonchev–Trinajstić information content (AvgIpc) is 2.85. The molecule has 1 aliphatic carbocycles. The van der Waals surface area contributed by atoms with E-state index in [0.717, 1.165) is 26.1 Å². The lowest BCUT2D eigenvalue weighted by Gasteiger charge is -2.39. The van der Waals surface area contributed by atoms with E-state index in [4.69, 9.17) is 9.47 Å². The predicted molar refractivity (Wildman–Crippen MR) is 75.1 cm³/mol. The van der Waals surface area contributed by atoms with Gasteiger partial charge >= 0.3 is 0 Å². The maximum Gasteiger partial charge on any atom is 0.0991 e. The number of benzene rings is 1. The number of rotatable bonds is 3. The van der Waals surface area contributed by atoms with Gasteiger partial charge < -0.3 is 9.47 Å². The molecule has 2 fully saturated rings. The molecule has 1 heterocycles. The van der Waals surface area contributed by atoms with Gasteiger partial charge in [-0.2, -0.15) is 0 Å². The van der Waals surface area contributed by atoms with Gasteiger partial charge in [-0.1, -0.05) is 24.3 Å². The van der Waals surface area contributed by atoms with Crippen LogP contribution >= 0.6 is 0 Å². The molecule has 0 amide bonds. The second-order valence-corrected chi connectivity index (χ2v) is 5.65. The topological polar surface area (TPSA) is 21.7 Å². The molecule has 2 aliphatic rings. The van der Waals surface area contributed by atoms with Crippen LogP contribution in [0.1, 0.15) is 24.0 Å². The minimum absolute atomic E-state index is 0.266. The summed E-state index contributed by atoms with van der Waals surface area (Å²) in [5.41, 5.74) is 2.82. The lowest BCUT2D eigenvalue weighted by Crippen LogP contribution is -2.51. The molecule has 0 aromatic heterocycles. The van der Waals surface area contributed by atoms with Crippen LogP contribution in [0.4, 0.5) is 0 Å². The van der Waals surface area contributed by atoms with Crippen molar-refractivity contribution in [3.05, 3.63) is 35.4 Å². The van der Waals surface area contributed by atoms with Gasteiger partial charge in [0, 0.05) is 26.2 Å². The smallest absolute Gasteiger partial charge is 0.0991 e. The van der Waals surface area contributed by atoms with Crippen LogP contribution in [0, 0.1) is 6.92 Å². The standard InChI is InChI=1S/C16H23NO2/c1-12-5-3-4-6-13(12)11-17-9-10-19-16-14(17)7-8-15(16)18-2/h3-6,14-16H,7-11H2,1-2H3/t14-,15+,16+/m1/s1. The van der Waals surface area contributed by atoms with E-state index in [9.17, 15) is 0 Å². The zero-order chi connectivity index (χ0) is 13.2. The Balaban J connectivity index is 1.73. The maximum absolute atomic E-state index is 5.94. The summed E-state index contributed by atoms with van der Waals surface area (Å²) in [6.45, 7) is 5.09. The molecule has 0 N–H and O–H groups in total. The highest BCUT2D eigenvalue weighted by Crippen LogP contribution is 2.32. The molecule has 3 rings (SSSR count). The van der Waals surface area contributed by atoms with Crippen LogP contribution < -0.4 is 0 Å². The Morgan fingerprint density at radius 3 is 2.95 bits per heavy atom. The average molecular weight is 261 g/mol. The molecule has 3 heteroatoms. The van der Waals surface area contributed by atoms with Crippen molar-refractivity contribution in [3.63, 3.8) is 0 Å². The molecule has 1 aliphatic heterocycles. The van der Waals surface area contributed by atoms with E-state index in [1.54, 1.807) is 7.11 Å². The fourth-order valence-electron chi connectivity index (χ4n) is 3.45. The van der Waals surface area contributed by atoms with Crippen molar-refractivity contribution >= 4 is 0 Å². The maximum atomic E-state index is 5.94. The molecule has 3 nitrogen and oxygen atoms in total. The minimum atomic E-state index is 0.266. The van der Waals surface area contributed by atoms with Crippen molar-refractivity contribution in [2.24, 2.45) is 0 Å². The Kier molecular flexibility index (Phi) is 3.87. The molecule has 1 saturated carbocycles. The van der Waals surface area contributed by atoms with E-state index in [-0.39, 0.29) is 12.2 Å². The molecule has 1 aromatic carbocycles. The highest BCUT2D eigenvalue weighted by Gasteiger charge is 2.42. The molecule has 3 atom stereocenters. The SMILES string of the molecule is CO[C@H]1CC[C@@H]2[C@@H]1OCCN2Cc1ccccc1C. The summed E-state index contributed by atoms with van der Waals surface area (Å²) >= 11 is 0. The third-order valence-corrected chi connectivity index (χ3v) is 4.59. The van der Waals surface area contributed by atoms with Gasteiger partial charge in [0.1, 0.15) is 0 Å². The Morgan fingerprint density at radius 2 is 2.16 bits per heavy atom. The third-order valence-electron chi connectivity index (χ3n) is 4.59. The number of nitrogens with zero attached hydrogens (tertiary/aromatic N) is 1. The molecule has 104 valence electrons. The number of aryl methyl sites for hydroxylation is 1. The number of hydrogen-bond donors (Lipinski definition) is 0. The van der Waals surface area contributed by atoms with Crippen LogP contribution in [-0.2, 0) is 16.0 Å². The Hall–Kier alpha value is -0.900. The van der Waals surface area contributed by atoms with Gasteiger partial charge in [0.2, 0.25) is 0 Å². The largest absolute Gasteiger partial charge is 0.379 e. The van der Waals surface area contributed by atoms with Crippen LogP contribution in [0.15, 0.2) is 24.3 Å². The highest BCUT2D eigenvalue weighted by molar-refractivity contribution is 5.25. The zero-order valence-electron chi connectivity index (χ0n) is 11.8.